The van der Waals surface area contributed by atoms with E-state index in [1.165, 1.54) is 0 Å². The highest BCUT2D eigenvalue weighted by Crippen LogP contribution is 2.32. The van der Waals surface area contributed by atoms with Crippen LogP contribution in [0, 0.1) is 0 Å². The van der Waals surface area contributed by atoms with Gasteiger partial charge in [0.25, 0.3) is 0 Å². The van der Waals surface area contributed by atoms with Crippen molar-refractivity contribution in [3.8, 4) is 0 Å². The lowest BCUT2D eigenvalue weighted by molar-refractivity contribution is 0.0712. The van der Waals surface area contributed by atoms with Gasteiger partial charge >= 0.3 is 0 Å². The van der Waals surface area contributed by atoms with E-state index >= 15 is 0 Å². The van der Waals surface area contributed by atoms with Crippen LogP contribution < -0.4 is 0 Å². The molecule has 1 fully saturated rings. The third-order valence-corrected chi connectivity index (χ3v) is 6.12. The Morgan fingerprint density at radius 2 is 2.27 bits per heavy atom. The van der Waals surface area contributed by atoms with Crippen molar-refractivity contribution in [1.82, 2.24) is 0 Å². The Bertz CT molecular complexity index is 325. The second-order valence-electron chi connectivity index (χ2n) is 3.63. The van der Waals surface area contributed by atoms with E-state index in [4.69, 9.17) is 0 Å². The van der Waals surface area contributed by atoms with Crippen LogP contribution >= 0.6 is 11.8 Å². The van der Waals surface area contributed by atoms with E-state index in [0.717, 1.165) is 12.2 Å². The van der Waals surface area contributed by atoms with Crippen molar-refractivity contribution < 1.29 is 14.4 Å². The predicted molar refractivity (Wildman–Crippen MR) is 63.1 cm³/mol. The fourth-order valence-electron chi connectivity index (χ4n) is 1.72. The quantitative estimate of drug-likeness (QED) is 0.704. The molecule has 4 atom stereocenters. The Balaban J connectivity index is 2.18. The van der Waals surface area contributed by atoms with E-state index in [2.05, 4.69) is 0 Å². The van der Waals surface area contributed by atoms with Crippen LogP contribution in [0.1, 0.15) is 6.42 Å². The van der Waals surface area contributed by atoms with Gasteiger partial charge in [-0.25, -0.2) is 0 Å². The minimum atomic E-state index is -0.921. The van der Waals surface area contributed by atoms with Crippen LogP contribution in [-0.4, -0.2) is 42.7 Å². The number of aliphatic hydroxyl groups excluding tert-OH is 2. The molecule has 0 radical (unpaired) electrons. The Morgan fingerprint density at radius 1 is 1.47 bits per heavy atom. The van der Waals surface area contributed by atoms with Gasteiger partial charge in [-0.05, 0) is 17.7 Å². The number of hydrogen-bond donors (Lipinski definition) is 2. The smallest absolute Gasteiger partial charge is 0.107 e. The number of allylic oxidation sites excluding steroid dienone is 2. The van der Waals surface area contributed by atoms with Crippen molar-refractivity contribution in [2.75, 3.05) is 11.5 Å². The molecule has 0 aromatic rings. The highest BCUT2D eigenvalue weighted by molar-refractivity contribution is 8.12. The van der Waals surface area contributed by atoms with Gasteiger partial charge in [0.1, 0.15) is 16.8 Å². The Labute approximate surface area is 95.7 Å². The highest BCUT2D eigenvalue weighted by atomic mass is 32.2. The third kappa shape index (κ3) is 2.36. The molecular formula is C10H14O3S2. The molecule has 1 heterocycles. The van der Waals surface area contributed by atoms with E-state index in [-0.39, 0.29) is 4.58 Å². The molecule has 3 nitrogen and oxygen atoms in total. The molecule has 15 heavy (non-hydrogen) atoms. The minimum absolute atomic E-state index is 0.145. The van der Waals surface area contributed by atoms with Crippen LogP contribution in [0.15, 0.2) is 23.8 Å². The van der Waals surface area contributed by atoms with Crippen molar-refractivity contribution in [2.24, 2.45) is 0 Å². The lowest BCUT2D eigenvalue weighted by Crippen LogP contribution is -2.35. The van der Waals surface area contributed by atoms with Crippen molar-refractivity contribution in [3.63, 3.8) is 0 Å². The SMILES string of the molecule is O=S1CCCSC1C1=CC=CC(O)C1O. The van der Waals surface area contributed by atoms with E-state index in [0.29, 0.717) is 11.3 Å². The predicted octanol–water partition coefficient (Wildman–Crippen LogP) is 0.416. The topological polar surface area (TPSA) is 57.5 Å². The van der Waals surface area contributed by atoms with Crippen molar-refractivity contribution in [2.45, 2.75) is 23.2 Å². The summed E-state index contributed by atoms with van der Waals surface area (Å²) >= 11 is 1.61. The number of thioether (sulfide) groups is 1. The van der Waals surface area contributed by atoms with Crippen LogP contribution in [0.25, 0.3) is 0 Å². The molecule has 0 bridgehead atoms. The molecule has 84 valence electrons. The monoisotopic (exact) mass is 246 g/mol. The molecule has 1 aliphatic heterocycles. The normalized spacial score (nSPS) is 41.3. The molecule has 1 aliphatic carbocycles. The third-order valence-electron chi connectivity index (χ3n) is 2.53. The first-order chi connectivity index (χ1) is 7.20. The van der Waals surface area contributed by atoms with Crippen molar-refractivity contribution >= 4 is 22.6 Å². The van der Waals surface area contributed by atoms with E-state index < -0.39 is 23.0 Å². The molecule has 0 aromatic heterocycles. The van der Waals surface area contributed by atoms with Gasteiger partial charge in [0.2, 0.25) is 0 Å². The molecule has 4 unspecified atom stereocenters. The lowest BCUT2D eigenvalue weighted by atomic mass is 10.0. The Hall–Kier alpha value is -0.100. The molecular weight excluding hydrogens is 232 g/mol. The summed E-state index contributed by atoms with van der Waals surface area (Å²) in [5, 5.41) is 19.3. The first-order valence-electron chi connectivity index (χ1n) is 4.93. The van der Waals surface area contributed by atoms with Gasteiger partial charge < -0.3 is 10.2 Å². The molecule has 0 saturated carbocycles. The standard InChI is InChI=1S/C10H14O3S2/c11-8-4-1-3-7(9(8)12)10-14-5-2-6-15(10)13/h1,3-4,8-12H,2,5-6H2. The zero-order valence-electron chi connectivity index (χ0n) is 8.20. The Kier molecular flexibility index (Phi) is 3.66. The summed E-state index contributed by atoms with van der Waals surface area (Å²) < 4.78 is 11.6. The maximum Gasteiger partial charge on any atom is 0.107 e. The summed E-state index contributed by atoms with van der Waals surface area (Å²) in [5.74, 6) is 1.67. The number of hydrogen-bond acceptors (Lipinski definition) is 4. The molecule has 2 aliphatic rings. The molecule has 2 rings (SSSR count). The molecule has 0 aromatic carbocycles. The van der Waals surface area contributed by atoms with E-state index in [1.807, 2.05) is 0 Å². The zero-order valence-corrected chi connectivity index (χ0v) is 9.84. The van der Waals surface area contributed by atoms with Crippen molar-refractivity contribution in [3.05, 3.63) is 23.8 Å². The van der Waals surface area contributed by atoms with Gasteiger partial charge in [0.15, 0.2) is 0 Å². The zero-order chi connectivity index (χ0) is 10.8. The van der Waals surface area contributed by atoms with Gasteiger partial charge in [0, 0.05) is 16.6 Å². The van der Waals surface area contributed by atoms with E-state index in [9.17, 15) is 14.4 Å². The molecule has 1 saturated heterocycles. The van der Waals surface area contributed by atoms with Crippen LogP contribution in [0.5, 0.6) is 0 Å². The fourth-order valence-corrected chi connectivity index (χ4v) is 5.19. The number of rotatable bonds is 1. The average Bonchev–Trinajstić information content (AvgIpc) is 2.23. The average molecular weight is 246 g/mol. The summed E-state index contributed by atoms with van der Waals surface area (Å²) in [4.78, 5) is 0. The minimum Gasteiger partial charge on any atom is -0.386 e. The van der Waals surface area contributed by atoms with E-state index in [1.54, 1.807) is 30.0 Å². The molecule has 0 spiro atoms. The van der Waals surface area contributed by atoms with Gasteiger partial charge in [0.05, 0.1) is 0 Å². The lowest BCUT2D eigenvalue weighted by Gasteiger charge is -2.29. The molecule has 2 N–H and O–H groups in total. The summed E-state index contributed by atoms with van der Waals surface area (Å²) in [6.45, 7) is 0. The maximum absolute atomic E-state index is 11.8. The van der Waals surface area contributed by atoms with Gasteiger partial charge in [-0.1, -0.05) is 18.2 Å². The second kappa shape index (κ2) is 4.82. The molecule has 0 amide bonds. The second-order valence-corrected chi connectivity index (χ2v) is 6.78. The van der Waals surface area contributed by atoms with Crippen molar-refractivity contribution in [1.29, 1.82) is 0 Å². The maximum atomic E-state index is 11.8. The summed E-state index contributed by atoms with van der Waals surface area (Å²) in [6, 6.07) is 0. The van der Waals surface area contributed by atoms with Gasteiger partial charge in [-0.2, -0.15) is 0 Å². The van der Waals surface area contributed by atoms with Crippen LogP contribution in [0.2, 0.25) is 0 Å². The van der Waals surface area contributed by atoms with Gasteiger partial charge in [-0.3, -0.25) is 4.21 Å². The van der Waals surface area contributed by atoms with Crippen LogP contribution in [-0.2, 0) is 10.8 Å². The summed E-state index contributed by atoms with van der Waals surface area (Å²) in [6.07, 6.45) is 4.26. The van der Waals surface area contributed by atoms with Crippen LogP contribution in [0.4, 0.5) is 0 Å². The fraction of sp³-hybridized carbons (Fsp3) is 0.600. The van der Waals surface area contributed by atoms with Crippen LogP contribution in [0.3, 0.4) is 0 Å². The summed E-state index contributed by atoms with van der Waals surface area (Å²) in [7, 11) is -0.921. The summed E-state index contributed by atoms with van der Waals surface area (Å²) in [5.41, 5.74) is 0.702. The van der Waals surface area contributed by atoms with Gasteiger partial charge in [-0.15, -0.1) is 11.8 Å². The highest BCUT2D eigenvalue weighted by Gasteiger charge is 2.32. The first kappa shape index (κ1) is 11.4. The first-order valence-corrected chi connectivity index (χ1v) is 7.36. The number of aliphatic hydroxyl groups is 2. The Morgan fingerprint density at radius 3 is 3.00 bits per heavy atom. The largest absolute Gasteiger partial charge is 0.386 e. The molecule has 5 heteroatoms.